The Morgan fingerprint density at radius 3 is 2.95 bits per heavy atom. The quantitative estimate of drug-likeness (QED) is 0.864. The first-order valence-electron chi connectivity index (χ1n) is 7.31. The second-order valence-corrected chi connectivity index (χ2v) is 5.80. The van der Waals surface area contributed by atoms with Crippen LogP contribution < -0.4 is 10.6 Å². The summed E-state index contributed by atoms with van der Waals surface area (Å²) in [5.74, 6) is 0.923. The van der Waals surface area contributed by atoms with Crippen molar-refractivity contribution >= 4 is 6.03 Å². The van der Waals surface area contributed by atoms with E-state index in [1.165, 1.54) is 0 Å². The highest BCUT2D eigenvalue weighted by Crippen LogP contribution is 2.25. The standard InChI is InChI=1S/C15H25N3O2/c1-11(2)14-12(6-8-20-14)9-16-15(19)17-10-13-5-4-7-18(13)3/h4-5,7,11-12,14H,6,8-10H2,1-3H3,(H2,16,17,19). The van der Waals surface area contributed by atoms with Gasteiger partial charge in [0.1, 0.15) is 0 Å². The maximum Gasteiger partial charge on any atom is 0.315 e. The topological polar surface area (TPSA) is 55.3 Å². The van der Waals surface area contributed by atoms with Gasteiger partial charge in [0, 0.05) is 38.0 Å². The molecule has 0 aromatic carbocycles. The molecule has 20 heavy (non-hydrogen) atoms. The van der Waals surface area contributed by atoms with E-state index in [2.05, 4.69) is 24.5 Å². The molecular weight excluding hydrogens is 254 g/mol. The molecule has 0 radical (unpaired) electrons. The minimum Gasteiger partial charge on any atom is -0.378 e. The summed E-state index contributed by atoms with van der Waals surface area (Å²) in [7, 11) is 1.97. The molecular formula is C15H25N3O2. The largest absolute Gasteiger partial charge is 0.378 e. The summed E-state index contributed by atoms with van der Waals surface area (Å²) >= 11 is 0. The van der Waals surface area contributed by atoms with Crippen molar-refractivity contribution in [1.82, 2.24) is 15.2 Å². The van der Waals surface area contributed by atoms with Crippen LogP contribution in [-0.4, -0.2) is 29.9 Å². The first-order chi connectivity index (χ1) is 9.58. The Bertz CT molecular complexity index is 442. The van der Waals surface area contributed by atoms with Crippen molar-refractivity contribution in [3.05, 3.63) is 24.0 Å². The number of carbonyl (C=O) groups excluding carboxylic acids is 1. The van der Waals surface area contributed by atoms with E-state index in [9.17, 15) is 4.79 Å². The van der Waals surface area contributed by atoms with Gasteiger partial charge >= 0.3 is 6.03 Å². The number of nitrogens with zero attached hydrogens (tertiary/aromatic N) is 1. The number of rotatable bonds is 5. The van der Waals surface area contributed by atoms with Gasteiger partial charge < -0.3 is 19.9 Å². The molecule has 1 aromatic rings. The molecule has 2 heterocycles. The summed E-state index contributed by atoms with van der Waals surface area (Å²) < 4.78 is 7.72. The first kappa shape index (κ1) is 14.9. The van der Waals surface area contributed by atoms with E-state index in [-0.39, 0.29) is 12.1 Å². The summed E-state index contributed by atoms with van der Waals surface area (Å²) in [5, 5.41) is 5.83. The number of nitrogens with one attached hydrogen (secondary N) is 2. The van der Waals surface area contributed by atoms with Crippen LogP contribution >= 0.6 is 0 Å². The minimum absolute atomic E-state index is 0.111. The summed E-state index contributed by atoms with van der Waals surface area (Å²) in [4.78, 5) is 11.8. The Morgan fingerprint density at radius 2 is 2.30 bits per heavy atom. The molecule has 0 spiro atoms. The van der Waals surface area contributed by atoms with E-state index in [0.29, 0.717) is 24.9 Å². The molecule has 1 saturated heterocycles. The van der Waals surface area contributed by atoms with Gasteiger partial charge in [-0.05, 0) is 24.5 Å². The van der Waals surface area contributed by atoms with Gasteiger partial charge in [0.25, 0.3) is 0 Å². The highest BCUT2D eigenvalue weighted by atomic mass is 16.5. The zero-order valence-corrected chi connectivity index (χ0v) is 12.6. The second kappa shape index (κ2) is 6.79. The van der Waals surface area contributed by atoms with Crippen LogP contribution in [0.1, 0.15) is 26.0 Å². The molecule has 0 saturated carbocycles. The number of carbonyl (C=O) groups is 1. The van der Waals surface area contributed by atoms with Crippen LogP contribution in [0.25, 0.3) is 0 Å². The van der Waals surface area contributed by atoms with Gasteiger partial charge in [0.2, 0.25) is 0 Å². The highest BCUT2D eigenvalue weighted by molar-refractivity contribution is 5.73. The predicted octanol–water partition coefficient (Wildman–Crippen LogP) is 1.89. The van der Waals surface area contributed by atoms with E-state index in [1.54, 1.807) is 0 Å². The lowest BCUT2D eigenvalue weighted by Crippen LogP contribution is -2.40. The Labute approximate surface area is 120 Å². The molecule has 1 aromatic heterocycles. The smallest absolute Gasteiger partial charge is 0.315 e. The van der Waals surface area contributed by atoms with Crippen LogP contribution in [0.3, 0.4) is 0 Å². The van der Waals surface area contributed by atoms with Gasteiger partial charge in [-0.25, -0.2) is 4.79 Å². The van der Waals surface area contributed by atoms with Crippen molar-refractivity contribution in [3.8, 4) is 0 Å². The zero-order valence-electron chi connectivity index (χ0n) is 12.6. The average molecular weight is 279 g/mol. The summed E-state index contributed by atoms with van der Waals surface area (Å²) in [6, 6.07) is 3.86. The van der Waals surface area contributed by atoms with Gasteiger partial charge in [-0.1, -0.05) is 13.8 Å². The third-order valence-electron chi connectivity index (χ3n) is 3.93. The van der Waals surface area contributed by atoms with Crippen LogP contribution in [0.2, 0.25) is 0 Å². The number of hydrogen-bond acceptors (Lipinski definition) is 2. The van der Waals surface area contributed by atoms with Crippen molar-refractivity contribution in [2.45, 2.75) is 32.9 Å². The number of ether oxygens (including phenoxy) is 1. The van der Waals surface area contributed by atoms with Crippen molar-refractivity contribution < 1.29 is 9.53 Å². The van der Waals surface area contributed by atoms with Crippen LogP contribution in [0.4, 0.5) is 4.79 Å². The maximum absolute atomic E-state index is 11.8. The normalized spacial score (nSPS) is 22.2. The maximum atomic E-state index is 11.8. The third-order valence-corrected chi connectivity index (χ3v) is 3.93. The fourth-order valence-corrected chi connectivity index (χ4v) is 2.75. The van der Waals surface area contributed by atoms with E-state index in [1.807, 2.05) is 29.9 Å². The first-order valence-corrected chi connectivity index (χ1v) is 7.31. The third kappa shape index (κ3) is 3.76. The Balaban J connectivity index is 1.71. The fourth-order valence-electron chi connectivity index (χ4n) is 2.75. The SMILES string of the molecule is CC(C)C1OCCC1CNC(=O)NCc1cccn1C. The van der Waals surface area contributed by atoms with Crippen molar-refractivity contribution in [1.29, 1.82) is 0 Å². The lowest BCUT2D eigenvalue weighted by molar-refractivity contribution is 0.0545. The Kier molecular flexibility index (Phi) is 5.06. The molecule has 5 nitrogen and oxygen atoms in total. The fraction of sp³-hybridized carbons (Fsp3) is 0.667. The zero-order chi connectivity index (χ0) is 14.5. The second-order valence-electron chi connectivity index (χ2n) is 5.80. The van der Waals surface area contributed by atoms with Gasteiger partial charge in [0.05, 0.1) is 12.6 Å². The van der Waals surface area contributed by atoms with Crippen LogP contribution in [0.15, 0.2) is 18.3 Å². The van der Waals surface area contributed by atoms with E-state index in [0.717, 1.165) is 18.7 Å². The van der Waals surface area contributed by atoms with Gasteiger partial charge in [-0.2, -0.15) is 0 Å². The Hall–Kier alpha value is -1.49. The van der Waals surface area contributed by atoms with Crippen LogP contribution in [0.5, 0.6) is 0 Å². The van der Waals surface area contributed by atoms with Gasteiger partial charge in [-0.3, -0.25) is 0 Å². The molecule has 5 heteroatoms. The van der Waals surface area contributed by atoms with Gasteiger partial charge in [-0.15, -0.1) is 0 Å². The summed E-state index contributed by atoms with van der Waals surface area (Å²) in [6.45, 7) is 6.36. The lowest BCUT2D eigenvalue weighted by atomic mass is 9.93. The van der Waals surface area contributed by atoms with E-state index >= 15 is 0 Å². The molecule has 2 amide bonds. The van der Waals surface area contributed by atoms with Crippen LogP contribution in [-0.2, 0) is 18.3 Å². The number of amides is 2. The van der Waals surface area contributed by atoms with Crippen molar-refractivity contribution in [2.75, 3.05) is 13.2 Å². The Morgan fingerprint density at radius 1 is 1.50 bits per heavy atom. The lowest BCUT2D eigenvalue weighted by Gasteiger charge is -2.22. The molecule has 2 N–H and O–H groups in total. The average Bonchev–Trinajstić information content (AvgIpc) is 3.02. The van der Waals surface area contributed by atoms with Crippen LogP contribution in [0, 0.1) is 11.8 Å². The number of aromatic nitrogens is 1. The molecule has 1 aliphatic rings. The molecule has 1 fully saturated rings. The number of urea groups is 1. The predicted molar refractivity (Wildman–Crippen MR) is 78.3 cm³/mol. The number of hydrogen-bond donors (Lipinski definition) is 2. The molecule has 0 bridgehead atoms. The van der Waals surface area contributed by atoms with E-state index in [4.69, 9.17) is 4.74 Å². The summed E-state index contributed by atoms with van der Waals surface area (Å²) in [6.07, 6.45) is 3.27. The number of aryl methyl sites for hydroxylation is 1. The molecule has 0 aliphatic carbocycles. The van der Waals surface area contributed by atoms with Crippen molar-refractivity contribution in [3.63, 3.8) is 0 Å². The highest BCUT2D eigenvalue weighted by Gasteiger charge is 2.30. The van der Waals surface area contributed by atoms with E-state index < -0.39 is 0 Å². The van der Waals surface area contributed by atoms with Gasteiger partial charge in [0.15, 0.2) is 0 Å². The minimum atomic E-state index is -0.111. The molecule has 1 aliphatic heterocycles. The summed E-state index contributed by atoms with van der Waals surface area (Å²) in [5.41, 5.74) is 1.09. The van der Waals surface area contributed by atoms with Crippen molar-refractivity contribution in [2.24, 2.45) is 18.9 Å². The molecule has 2 unspecified atom stereocenters. The molecule has 112 valence electrons. The monoisotopic (exact) mass is 279 g/mol. The molecule has 2 rings (SSSR count). The molecule has 2 atom stereocenters.